The van der Waals surface area contributed by atoms with Gasteiger partial charge in [-0.2, -0.15) is 0 Å². The highest BCUT2D eigenvalue weighted by Crippen LogP contribution is 2.45. The van der Waals surface area contributed by atoms with E-state index < -0.39 is 10.0 Å². The second-order valence-corrected chi connectivity index (χ2v) is 8.34. The van der Waals surface area contributed by atoms with Crippen molar-refractivity contribution in [2.45, 2.75) is 37.7 Å². The van der Waals surface area contributed by atoms with E-state index in [4.69, 9.17) is 14.2 Å². The van der Waals surface area contributed by atoms with Gasteiger partial charge >= 0.3 is 0 Å². The number of rotatable bonds is 5. The molecule has 2 aliphatic heterocycles. The maximum Gasteiger partial charge on any atom is 0.262 e. The van der Waals surface area contributed by atoms with E-state index in [9.17, 15) is 8.42 Å². The minimum atomic E-state index is -3.74. The smallest absolute Gasteiger partial charge is 0.262 e. The van der Waals surface area contributed by atoms with Gasteiger partial charge in [0.05, 0.1) is 29.9 Å². The summed E-state index contributed by atoms with van der Waals surface area (Å²) in [4.78, 5) is 0.178. The van der Waals surface area contributed by atoms with Gasteiger partial charge in [0.25, 0.3) is 10.0 Å². The molecule has 2 heterocycles. The third kappa shape index (κ3) is 3.07. The third-order valence-corrected chi connectivity index (χ3v) is 5.76. The molecular formula is C19H21NO5S. The van der Waals surface area contributed by atoms with Gasteiger partial charge in [0, 0.05) is 24.0 Å². The Morgan fingerprint density at radius 3 is 2.54 bits per heavy atom. The van der Waals surface area contributed by atoms with E-state index in [1.54, 1.807) is 24.3 Å². The molecule has 4 rings (SSSR count). The standard InChI is InChI=1S/C19H21NO5S/c1-12(2)25-14-3-5-15(6-4-14)26(21,22)20-18-16-8-10-23-17(16)11-13-7-9-24-19(13)18/h3-6,11-12,20H,7-10H2,1-2H3. The first-order chi connectivity index (χ1) is 12.4. The van der Waals surface area contributed by atoms with Crippen LogP contribution in [0.25, 0.3) is 0 Å². The first-order valence-electron chi connectivity index (χ1n) is 8.68. The molecule has 138 valence electrons. The van der Waals surface area contributed by atoms with Gasteiger partial charge in [0.1, 0.15) is 17.2 Å². The summed E-state index contributed by atoms with van der Waals surface area (Å²) in [7, 11) is -3.74. The molecule has 0 spiro atoms. The SMILES string of the molecule is CC(C)Oc1ccc(S(=O)(=O)Nc2c3c(cc4c2OCC4)OCC3)cc1. The third-order valence-electron chi connectivity index (χ3n) is 4.39. The summed E-state index contributed by atoms with van der Waals surface area (Å²) in [6.45, 7) is 4.94. The Hall–Kier alpha value is -2.41. The van der Waals surface area contributed by atoms with Crippen LogP contribution < -0.4 is 18.9 Å². The first kappa shape index (κ1) is 17.0. The van der Waals surface area contributed by atoms with Crippen molar-refractivity contribution < 1.29 is 22.6 Å². The Bertz CT molecular complexity index is 903. The highest BCUT2D eigenvalue weighted by Gasteiger charge is 2.29. The molecule has 0 fully saturated rings. The quantitative estimate of drug-likeness (QED) is 0.869. The summed E-state index contributed by atoms with van der Waals surface area (Å²) >= 11 is 0. The van der Waals surface area contributed by atoms with Crippen LogP contribution in [0.2, 0.25) is 0 Å². The second-order valence-electron chi connectivity index (χ2n) is 6.66. The normalized spacial score (nSPS) is 15.2. The topological polar surface area (TPSA) is 73.9 Å². The van der Waals surface area contributed by atoms with Crippen LogP contribution in [0.15, 0.2) is 35.2 Å². The lowest BCUT2D eigenvalue weighted by atomic mass is 10.0. The van der Waals surface area contributed by atoms with E-state index in [2.05, 4.69) is 4.72 Å². The number of hydrogen-bond acceptors (Lipinski definition) is 5. The zero-order valence-corrected chi connectivity index (χ0v) is 15.6. The predicted molar refractivity (Wildman–Crippen MR) is 97.9 cm³/mol. The number of hydrogen-bond donors (Lipinski definition) is 1. The molecule has 0 atom stereocenters. The average molecular weight is 375 g/mol. The Kier molecular flexibility index (Phi) is 4.19. The fourth-order valence-electron chi connectivity index (χ4n) is 3.26. The maximum absolute atomic E-state index is 12.9. The minimum absolute atomic E-state index is 0.0298. The van der Waals surface area contributed by atoms with E-state index in [1.165, 1.54) is 0 Å². The van der Waals surface area contributed by atoms with E-state index in [0.29, 0.717) is 36.8 Å². The Balaban J connectivity index is 1.67. The lowest BCUT2D eigenvalue weighted by Gasteiger charge is -2.15. The van der Waals surface area contributed by atoms with Crippen LogP contribution in [0.3, 0.4) is 0 Å². The van der Waals surface area contributed by atoms with Crippen molar-refractivity contribution in [1.82, 2.24) is 0 Å². The fraction of sp³-hybridized carbons (Fsp3) is 0.368. The van der Waals surface area contributed by atoms with Gasteiger partial charge in [0.15, 0.2) is 0 Å². The second kappa shape index (κ2) is 6.39. The van der Waals surface area contributed by atoms with Crippen molar-refractivity contribution in [3.8, 4) is 17.2 Å². The molecule has 2 aliphatic rings. The average Bonchev–Trinajstić information content (AvgIpc) is 3.23. The van der Waals surface area contributed by atoms with Crippen molar-refractivity contribution in [3.05, 3.63) is 41.5 Å². The van der Waals surface area contributed by atoms with Crippen LogP contribution in [-0.2, 0) is 22.9 Å². The number of nitrogens with one attached hydrogen (secondary N) is 1. The summed E-state index contributed by atoms with van der Waals surface area (Å²) in [5.74, 6) is 2.00. The molecule has 2 aromatic rings. The Labute approximate surface area is 153 Å². The van der Waals surface area contributed by atoms with Gasteiger partial charge in [-0.05, 0) is 44.2 Å². The van der Waals surface area contributed by atoms with Crippen LogP contribution in [0.4, 0.5) is 5.69 Å². The lowest BCUT2D eigenvalue weighted by Crippen LogP contribution is -2.15. The van der Waals surface area contributed by atoms with E-state index in [-0.39, 0.29) is 11.0 Å². The molecule has 0 radical (unpaired) electrons. The number of fused-ring (bicyclic) bond motifs is 2. The molecule has 0 bridgehead atoms. The summed E-state index contributed by atoms with van der Waals surface area (Å²) in [5.41, 5.74) is 2.34. The molecule has 6 nitrogen and oxygen atoms in total. The number of anilines is 1. The van der Waals surface area contributed by atoms with Crippen LogP contribution in [0, 0.1) is 0 Å². The van der Waals surface area contributed by atoms with Gasteiger partial charge in [0.2, 0.25) is 0 Å². The molecule has 0 aromatic heterocycles. The Morgan fingerprint density at radius 1 is 1.08 bits per heavy atom. The first-order valence-corrected chi connectivity index (χ1v) is 10.2. The monoisotopic (exact) mass is 375 g/mol. The molecule has 0 aliphatic carbocycles. The maximum atomic E-state index is 12.9. The number of benzene rings is 2. The van der Waals surface area contributed by atoms with Gasteiger partial charge in [-0.25, -0.2) is 8.42 Å². The molecule has 26 heavy (non-hydrogen) atoms. The van der Waals surface area contributed by atoms with Crippen molar-refractivity contribution >= 4 is 15.7 Å². The van der Waals surface area contributed by atoms with Crippen molar-refractivity contribution in [2.24, 2.45) is 0 Å². The summed E-state index contributed by atoms with van der Waals surface area (Å²) in [5, 5.41) is 0. The van der Waals surface area contributed by atoms with Crippen LogP contribution in [-0.4, -0.2) is 27.7 Å². The largest absolute Gasteiger partial charge is 0.493 e. The molecule has 0 saturated heterocycles. The van der Waals surface area contributed by atoms with Crippen LogP contribution in [0.1, 0.15) is 25.0 Å². The molecular weight excluding hydrogens is 354 g/mol. The zero-order valence-electron chi connectivity index (χ0n) is 14.7. The molecule has 0 amide bonds. The molecule has 0 unspecified atom stereocenters. The molecule has 1 N–H and O–H groups in total. The van der Waals surface area contributed by atoms with Gasteiger partial charge in [-0.1, -0.05) is 0 Å². The van der Waals surface area contributed by atoms with Crippen LogP contribution >= 0.6 is 0 Å². The highest BCUT2D eigenvalue weighted by atomic mass is 32.2. The van der Waals surface area contributed by atoms with Crippen molar-refractivity contribution in [1.29, 1.82) is 0 Å². The Morgan fingerprint density at radius 2 is 1.81 bits per heavy atom. The number of ether oxygens (including phenoxy) is 3. The van der Waals surface area contributed by atoms with E-state index in [1.807, 2.05) is 19.9 Å². The van der Waals surface area contributed by atoms with Gasteiger partial charge < -0.3 is 14.2 Å². The molecule has 2 aromatic carbocycles. The van der Waals surface area contributed by atoms with E-state index in [0.717, 1.165) is 23.3 Å². The molecule has 7 heteroatoms. The van der Waals surface area contributed by atoms with Crippen LogP contribution in [0.5, 0.6) is 17.2 Å². The highest BCUT2D eigenvalue weighted by molar-refractivity contribution is 7.92. The number of sulfonamides is 1. The minimum Gasteiger partial charge on any atom is -0.493 e. The van der Waals surface area contributed by atoms with Crippen molar-refractivity contribution in [3.63, 3.8) is 0 Å². The summed E-state index contributed by atoms with van der Waals surface area (Å²) in [6.07, 6.45) is 1.44. The zero-order chi connectivity index (χ0) is 18.3. The van der Waals surface area contributed by atoms with Crippen molar-refractivity contribution in [2.75, 3.05) is 17.9 Å². The molecule has 0 saturated carbocycles. The summed E-state index contributed by atoms with van der Waals surface area (Å²) in [6, 6.07) is 8.37. The van der Waals surface area contributed by atoms with Gasteiger partial charge in [-0.15, -0.1) is 0 Å². The van der Waals surface area contributed by atoms with E-state index >= 15 is 0 Å². The lowest BCUT2D eigenvalue weighted by molar-refractivity contribution is 0.242. The van der Waals surface area contributed by atoms with Gasteiger partial charge in [-0.3, -0.25) is 4.72 Å². The predicted octanol–water partition coefficient (Wildman–Crippen LogP) is 3.14. The fourth-order valence-corrected chi connectivity index (χ4v) is 4.35. The summed E-state index contributed by atoms with van der Waals surface area (Å²) < 4.78 is 45.4.